The molecule has 2 aliphatic rings. The van der Waals surface area contributed by atoms with E-state index in [4.69, 9.17) is 0 Å². The van der Waals surface area contributed by atoms with E-state index >= 15 is 0 Å². The van der Waals surface area contributed by atoms with Crippen LogP contribution in [-0.2, 0) is 6.54 Å². The van der Waals surface area contributed by atoms with Crippen LogP contribution < -0.4 is 10.2 Å². The lowest BCUT2D eigenvalue weighted by Gasteiger charge is -2.25. The maximum Gasteiger partial charge on any atom is 0.259 e. The van der Waals surface area contributed by atoms with Gasteiger partial charge in [0, 0.05) is 21.4 Å². The Kier molecular flexibility index (Phi) is 6.23. The molecule has 1 saturated carbocycles. The average Bonchev–Trinajstić information content (AvgIpc) is 2.94. The van der Waals surface area contributed by atoms with Gasteiger partial charge in [0.25, 0.3) is 11.8 Å². The SMILES string of the molecule is Cc1cccc(CN2C(=O)c3ccccc3Sc3ccc(C(=O)NC4CCCCC4)cc32)c1. The Morgan fingerprint density at radius 2 is 1.79 bits per heavy atom. The number of anilines is 1. The molecule has 5 heteroatoms. The fourth-order valence-corrected chi connectivity index (χ4v) is 5.79. The first-order valence-electron chi connectivity index (χ1n) is 11.7. The first kappa shape index (κ1) is 21.8. The molecule has 1 aliphatic carbocycles. The van der Waals surface area contributed by atoms with Crippen molar-refractivity contribution in [2.75, 3.05) is 4.90 Å². The molecule has 3 aromatic rings. The number of aryl methyl sites for hydroxylation is 1. The number of hydrogen-bond acceptors (Lipinski definition) is 3. The summed E-state index contributed by atoms with van der Waals surface area (Å²) in [7, 11) is 0. The molecule has 0 aromatic heterocycles. The molecule has 1 heterocycles. The molecule has 1 fully saturated rings. The molecule has 0 radical (unpaired) electrons. The van der Waals surface area contributed by atoms with Gasteiger partial charge in [0.1, 0.15) is 0 Å². The van der Waals surface area contributed by atoms with Crippen LogP contribution in [0.25, 0.3) is 0 Å². The number of nitrogens with one attached hydrogen (secondary N) is 1. The summed E-state index contributed by atoms with van der Waals surface area (Å²) in [5.74, 6) is -0.0948. The molecule has 1 aliphatic heterocycles. The zero-order valence-electron chi connectivity index (χ0n) is 18.8. The summed E-state index contributed by atoms with van der Waals surface area (Å²) in [4.78, 5) is 30.5. The van der Waals surface area contributed by atoms with Crippen LogP contribution in [0.15, 0.2) is 76.5 Å². The summed E-state index contributed by atoms with van der Waals surface area (Å²) in [6, 6.07) is 22.0. The summed E-state index contributed by atoms with van der Waals surface area (Å²) < 4.78 is 0. The van der Waals surface area contributed by atoms with E-state index in [9.17, 15) is 9.59 Å². The Morgan fingerprint density at radius 3 is 2.61 bits per heavy atom. The summed E-state index contributed by atoms with van der Waals surface area (Å²) >= 11 is 1.59. The molecule has 0 unspecified atom stereocenters. The number of carbonyl (C=O) groups excluding carboxylic acids is 2. The first-order chi connectivity index (χ1) is 16.1. The second kappa shape index (κ2) is 9.44. The van der Waals surface area contributed by atoms with Gasteiger partial charge in [-0.1, -0.05) is 73.0 Å². The van der Waals surface area contributed by atoms with E-state index in [0.29, 0.717) is 17.7 Å². The maximum absolute atomic E-state index is 13.7. The van der Waals surface area contributed by atoms with Gasteiger partial charge in [0.05, 0.1) is 17.8 Å². The van der Waals surface area contributed by atoms with E-state index in [1.54, 1.807) is 11.8 Å². The highest BCUT2D eigenvalue weighted by Gasteiger charge is 2.28. The van der Waals surface area contributed by atoms with Crippen LogP contribution in [0.5, 0.6) is 0 Å². The topological polar surface area (TPSA) is 49.4 Å². The number of fused-ring (bicyclic) bond motifs is 2. The quantitative estimate of drug-likeness (QED) is 0.496. The molecular formula is C28H28N2O2S. The third-order valence-corrected chi connectivity index (χ3v) is 7.60. The van der Waals surface area contributed by atoms with Gasteiger partial charge < -0.3 is 10.2 Å². The van der Waals surface area contributed by atoms with Crippen LogP contribution in [0.1, 0.15) is 63.9 Å². The van der Waals surface area contributed by atoms with Crippen molar-refractivity contribution in [3.8, 4) is 0 Å². The molecule has 4 nitrogen and oxygen atoms in total. The minimum atomic E-state index is -0.0561. The van der Waals surface area contributed by atoms with Crippen molar-refractivity contribution in [2.24, 2.45) is 0 Å². The number of hydrogen-bond donors (Lipinski definition) is 1. The predicted octanol–water partition coefficient (Wildman–Crippen LogP) is 6.37. The number of nitrogens with zero attached hydrogens (tertiary/aromatic N) is 1. The first-order valence-corrected chi connectivity index (χ1v) is 12.5. The van der Waals surface area contributed by atoms with Gasteiger partial charge >= 0.3 is 0 Å². The Labute approximate surface area is 199 Å². The van der Waals surface area contributed by atoms with Crippen LogP contribution in [-0.4, -0.2) is 17.9 Å². The van der Waals surface area contributed by atoms with E-state index in [1.165, 1.54) is 19.3 Å². The van der Waals surface area contributed by atoms with E-state index in [0.717, 1.165) is 39.4 Å². The number of rotatable bonds is 4. The van der Waals surface area contributed by atoms with Crippen molar-refractivity contribution in [3.05, 3.63) is 89.0 Å². The molecule has 1 N–H and O–H groups in total. The Balaban J connectivity index is 1.52. The minimum Gasteiger partial charge on any atom is -0.349 e. The van der Waals surface area contributed by atoms with Crippen molar-refractivity contribution in [3.63, 3.8) is 0 Å². The third kappa shape index (κ3) is 4.69. The molecule has 5 rings (SSSR count). The third-order valence-electron chi connectivity index (χ3n) is 6.46. The van der Waals surface area contributed by atoms with Gasteiger partial charge in [0.15, 0.2) is 0 Å². The van der Waals surface area contributed by atoms with Crippen LogP contribution in [0, 0.1) is 6.92 Å². The highest BCUT2D eigenvalue weighted by molar-refractivity contribution is 7.99. The molecule has 3 aromatic carbocycles. The summed E-state index contributed by atoms with van der Waals surface area (Å²) in [6.07, 6.45) is 5.67. The molecular weight excluding hydrogens is 428 g/mol. The van der Waals surface area contributed by atoms with Crippen molar-refractivity contribution < 1.29 is 9.59 Å². The smallest absolute Gasteiger partial charge is 0.259 e. The monoisotopic (exact) mass is 456 g/mol. The van der Waals surface area contributed by atoms with Crippen molar-refractivity contribution in [2.45, 2.75) is 61.4 Å². The standard InChI is InChI=1S/C28H28N2O2S/c1-19-8-7-9-20(16-19)18-30-24-17-21(27(31)29-22-10-3-2-4-11-22)14-15-26(24)33-25-13-6-5-12-23(25)28(30)32/h5-9,12-17,22H,2-4,10-11,18H2,1H3,(H,29,31). The van der Waals surface area contributed by atoms with Gasteiger partial charge in [-0.05, 0) is 55.7 Å². The Hall–Kier alpha value is -3.05. The lowest BCUT2D eigenvalue weighted by molar-refractivity contribution is 0.0925. The fourth-order valence-electron chi connectivity index (χ4n) is 4.73. The van der Waals surface area contributed by atoms with Gasteiger partial charge in [-0.25, -0.2) is 0 Å². The second-order valence-corrected chi connectivity index (χ2v) is 10.1. The summed E-state index contributed by atoms with van der Waals surface area (Å²) in [5, 5.41) is 3.21. The van der Waals surface area contributed by atoms with Crippen molar-refractivity contribution >= 4 is 29.3 Å². The predicted molar refractivity (Wildman–Crippen MR) is 133 cm³/mol. The number of amides is 2. The molecule has 0 spiro atoms. The van der Waals surface area contributed by atoms with E-state index in [1.807, 2.05) is 59.5 Å². The fraction of sp³-hybridized carbons (Fsp3) is 0.286. The molecule has 2 amide bonds. The van der Waals surface area contributed by atoms with Crippen molar-refractivity contribution in [1.82, 2.24) is 5.32 Å². The van der Waals surface area contributed by atoms with Crippen LogP contribution in [0.3, 0.4) is 0 Å². The Bertz CT molecular complexity index is 1200. The molecule has 0 bridgehead atoms. The maximum atomic E-state index is 13.7. The van der Waals surface area contributed by atoms with Gasteiger partial charge in [-0.2, -0.15) is 0 Å². The highest BCUT2D eigenvalue weighted by Crippen LogP contribution is 2.42. The van der Waals surface area contributed by atoms with Gasteiger partial charge in [-0.15, -0.1) is 0 Å². The van der Waals surface area contributed by atoms with Crippen LogP contribution in [0.4, 0.5) is 5.69 Å². The zero-order valence-corrected chi connectivity index (χ0v) is 19.7. The Morgan fingerprint density at radius 1 is 0.970 bits per heavy atom. The van der Waals surface area contributed by atoms with Crippen molar-refractivity contribution in [1.29, 1.82) is 0 Å². The highest BCUT2D eigenvalue weighted by atomic mass is 32.2. The average molecular weight is 457 g/mol. The van der Waals surface area contributed by atoms with Crippen LogP contribution in [0.2, 0.25) is 0 Å². The minimum absolute atomic E-state index is 0.0387. The molecule has 0 atom stereocenters. The van der Waals surface area contributed by atoms with E-state index in [-0.39, 0.29) is 17.9 Å². The summed E-state index contributed by atoms with van der Waals surface area (Å²) in [6.45, 7) is 2.51. The largest absolute Gasteiger partial charge is 0.349 e. The van der Waals surface area contributed by atoms with E-state index in [2.05, 4.69) is 24.4 Å². The summed E-state index contributed by atoms with van der Waals surface area (Å²) in [5.41, 5.74) is 4.31. The zero-order chi connectivity index (χ0) is 22.8. The normalized spacial score (nSPS) is 16.0. The molecule has 168 valence electrons. The lowest BCUT2D eigenvalue weighted by atomic mass is 9.95. The molecule has 0 saturated heterocycles. The molecule has 33 heavy (non-hydrogen) atoms. The van der Waals surface area contributed by atoms with E-state index < -0.39 is 0 Å². The number of carbonyl (C=O) groups is 2. The van der Waals surface area contributed by atoms with Gasteiger partial charge in [-0.3, -0.25) is 9.59 Å². The van der Waals surface area contributed by atoms with Crippen LogP contribution >= 0.6 is 11.8 Å². The van der Waals surface area contributed by atoms with Gasteiger partial charge in [0.2, 0.25) is 0 Å². The number of benzene rings is 3. The lowest BCUT2D eigenvalue weighted by Crippen LogP contribution is -2.36. The second-order valence-electron chi connectivity index (χ2n) is 8.97.